The Hall–Kier alpha value is -3.65. The summed E-state index contributed by atoms with van der Waals surface area (Å²) in [6.45, 7) is -0.444. The smallest absolute Gasteiger partial charge is 0.265 e. The van der Waals surface area contributed by atoms with Crippen molar-refractivity contribution in [1.29, 1.82) is 0 Å². The maximum atomic E-state index is 13.2. The SMILES string of the molecule is NC(=O)c1ccccc1NC(=O)CN1c2ccccc2-c2ccccc2S1(=O)=O. The Balaban J connectivity index is 1.71. The van der Waals surface area contributed by atoms with Crippen molar-refractivity contribution < 1.29 is 18.0 Å². The number of nitrogens with two attached hydrogens (primary N) is 1. The van der Waals surface area contributed by atoms with Gasteiger partial charge in [0.2, 0.25) is 5.91 Å². The molecule has 0 aliphatic carbocycles. The molecule has 0 radical (unpaired) electrons. The highest BCUT2D eigenvalue weighted by Crippen LogP contribution is 2.42. The number of hydrogen-bond acceptors (Lipinski definition) is 4. The van der Waals surface area contributed by atoms with E-state index in [0.29, 0.717) is 11.3 Å². The van der Waals surface area contributed by atoms with Gasteiger partial charge in [-0.2, -0.15) is 0 Å². The number of sulfonamides is 1. The van der Waals surface area contributed by atoms with Crippen molar-refractivity contribution in [3.05, 3.63) is 78.4 Å². The van der Waals surface area contributed by atoms with Crippen molar-refractivity contribution in [2.24, 2.45) is 5.73 Å². The molecule has 0 unspecified atom stereocenters. The van der Waals surface area contributed by atoms with Crippen LogP contribution in [0.4, 0.5) is 11.4 Å². The van der Waals surface area contributed by atoms with Gasteiger partial charge in [-0.05, 0) is 24.3 Å². The van der Waals surface area contributed by atoms with Gasteiger partial charge in [0, 0.05) is 11.1 Å². The number of primary amides is 1. The summed E-state index contributed by atoms with van der Waals surface area (Å²) in [5, 5.41) is 2.59. The van der Waals surface area contributed by atoms with Crippen molar-refractivity contribution in [3.63, 3.8) is 0 Å². The Labute approximate surface area is 167 Å². The van der Waals surface area contributed by atoms with Crippen LogP contribution in [0, 0.1) is 0 Å². The number of anilines is 2. The molecule has 1 aliphatic heterocycles. The zero-order valence-corrected chi connectivity index (χ0v) is 16.0. The Morgan fingerprint density at radius 3 is 2.24 bits per heavy atom. The molecular formula is C21H17N3O4S. The van der Waals surface area contributed by atoms with Crippen LogP contribution in [0.3, 0.4) is 0 Å². The Kier molecular flexibility index (Phi) is 4.56. The second-order valence-electron chi connectivity index (χ2n) is 6.48. The number of carbonyl (C=O) groups excluding carboxylic acids is 2. The van der Waals surface area contributed by atoms with Crippen LogP contribution < -0.4 is 15.4 Å². The van der Waals surface area contributed by atoms with Crippen LogP contribution in [-0.2, 0) is 14.8 Å². The molecule has 0 spiro atoms. The summed E-state index contributed by atoms with van der Waals surface area (Å²) >= 11 is 0. The van der Waals surface area contributed by atoms with Crippen molar-refractivity contribution in [2.45, 2.75) is 4.90 Å². The van der Waals surface area contributed by atoms with Gasteiger partial charge in [-0.3, -0.25) is 13.9 Å². The van der Waals surface area contributed by atoms with Gasteiger partial charge in [0.05, 0.1) is 21.8 Å². The summed E-state index contributed by atoms with van der Waals surface area (Å²) in [6.07, 6.45) is 0. The van der Waals surface area contributed by atoms with Gasteiger partial charge in [-0.15, -0.1) is 0 Å². The normalized spacial score (nSPS) is 13.9. The van der Waals surface area contributed by atoms with Gasteiger partial charge in [-0.1, -0.05) is 48.5 Å². The van der Waals surface area contributed by atoms with Crippen molar-refractivity contribution >= 4 is 33.2 Å². The summed E-state index contributed by atoms with van der Waals surface area (Å²) in [6, 6.07) is 20.0. The molecule has 0 bridgehead atoms. The Morgan fingerprint density at radius 2 is 1.48 bits per heavy atom. The molecule has 0 saturated carbocycles. The van der Waals surface area contributed by atoms with Gasteiger partial charge < -0.3 is 11.1 Å². The van der Waals surface area contributed by atoms with Crippen LogP contribution in [-0.4, -0.2) is 26.8 Å². The molecule has 7 nitrogen and oxygen atoms in total. The molecule has 0 fully saturated rings. The lowest BCUT2D eigenvalue weighted by atomic mass is 10.0. The number of para-hydroxylation sites is 2. The van der Waals surface area contributed by atoms with E-state index in [1.165, 1.54) is 18.2 Å². The largest absolute Gasteiger partial charge is 0.366 e. The molecule has 3 aromatic rings. The van der Waals surface area contributed by atoms with Gasteiger partial charge in [0.1, 0.15) is 6.54 Å². The average Bonchev–Trinajstić information content (AvgIpc) is 2.71. The van der Waals surface area contributed by atoms with Crippen molar-refractivity contribution in [2.75, 3.05) is 16.2 Å². The predicted molar refractivity (Wildman–Crippen MR) is 110 cm³/mol. The minimum Gasteiger partial charge on any atom is -0.366 e. The third-order valence-electron chi connectivity index (χ3n) is 4.67. The van der Waals surface area contributed by atoms with E-state index >= 15 is 0 Å². The van der Waals surface area contributed by atoms with Crippen LogP contribution in [0.15, 0.2) is 77.7 Å². The molecule has 0 aromatic heterocycles. The topological polar surface area (TPSA) is 110 Å². The fourth-order valence-corrected chi connectivity index (χ4v) is 5.03. The van der Waals surface area contributed by atoms with Crippen molar-refractivity contribution in [1.82, 2.24) is 0 Å². The van der Waals surface area contributed by atoms with E-state index in [1.807, 2.05) is 12.1 Å². The van der Waals surface area contributed by atoms with E-state index in [-0.39, 0.29) is 16.1 Å². The van der Waals surface area contributed by atoms with E-state index in [1.54, 1.807) is 42.5 Å². The lowest BCUT2D eigenvalue weighted by Gasteiger charge is -2.31. The fourth-order valence-electron chi connectivity index (χ4n) is 3.38. The first kappa shape index (κ1) is 18.7. The summed E-state index contributed by atoms with van der Waals surface area (Å²) in [5.41, 5.74) is 7.46. The van der Waals surface area contributed by atoms with Crippen LogP contribution in [0.5, 0.6) is 0 Å². The number of nitrogens with zero attached hydrogens (tertiary/aromatic N) is 1. The Bertz CT molecular complexity index is 1240. The third kappa shape index (κ3) is 3.23. The number of hydrogen-bond donors (Lipinski definition) is 2. The first-order valence-corrected chi connectivity index (χ1v) is 10.2. The monoisotopic (exact) mass is 407 g/mol. The van der Waals surface area contributed by atoms with Gasteiger partial charge in [0.15, 0.2) is 0 Å². The van der Waals surface area contributed by atoms with Gasteiger partial charge in [-0.25, -0.2) is 8.42 Å². The van der Waals surface area contributed by atoms with E-state index in [4.69, 9.17) is 5.73 Å². The number of amides is 2. The lowest BCUT2D eigenvalue weighted by molar-refractivity contribution is -0.114. The molecule has 3 N–H and O–H groups in total. The number of fused-ring (bicyclic) bond motifs is 3. The van der Waals surface area contributed by atoms with Crippen LogP contribution in [0.25, 0.3) is 11.1 Å². The molecular weight excluding hydrogens is 390 g/mol. The summed E-state index contributed by atoms with van der Waals surface area (Å²) < 4.78 is 27.5. The second-order valence-corrected chi connectivity index (χ2v) is 8.31. The molecule has 29 heavy (non-hydrogen) atoms. The predicted octanol–water partition coefficient (Wildman–Crippen LogP) is 2.60. The molecule has 0 saturated heterocycles. The van der Waals surface area contributed by atoms with E-state index < -0.39 is 28.4 Å². The molecule has 8 heteroatoms. The second kappa shape index (κ2) is 7.06. The van der Waals surface area contributed by atoms with E-state index in [9.17, 15) is 18.0 Å². The van der Waals surface area contributed by atoms with Gasteiger partial charge in [0.25, 0.3) is 15.9 Å². The van der Waals surface area contributed by atoms with Crippen LogP contribution in [0.1, 0.15) is 10.4 Å². The zero-order valence-electron chi connectivity index (χ0n) is 15.2. The number of rotatable bonds is 4. The third-order valence-corrected chi connectivity index (χ3v) is 6.49. The quantitative estimate of drug-likeness (QED) is 0.693. The summed E-state index contributed by atoms with van der Waals surface area (Å²) in [4.78, 5) is 24.4. The summed E-state index contributed by atoms with van der Waals surface area (Å²) in [7, 11) is -3.93. The number of carbonyl (C=O) groups is 2. The first-order valence-electron chi connectivity index (χ1n) is 8.79. The van der Waals surface area contributed by atoms with Gasteiger partial charge >= 0.3 is 0 Å². The molecule has 4 rings (SSSR count). The highest BCUT2D eigenvalue weighted by molar-refractivity contribution is 7.93. The highest BCUT2D eigenvalue weighted by atomic mass is 32.2. The maximum absolute atomic E-state index is 13.2. The molecule has 146 valence electrons. The molecule has 2 amide bonds. The van der Waals surface area contributed by atoms with Crippen LogP contribution in [0.2, 0.25) is 0 Å². The molecule has 3 aromatic carbocycles. The molecule has 1 aliphatic rings. The minimum atomic E-state index is -3.93. The number of benzene rings is 3. The maximum Gasteiger partial charge on any atom is 0.265 e. The molecule has 0 atom stereocenters. The first-order chi connectivity index (χ1) is 13.9. The lowest BCUT2D eigenvalue weighted by Crippen LogP contribution is -2.40. The number of nitrogens with one attached hydrogen (secondary N) is 1. The fraction of sp³-hybridized carbons (Fsp3) is 0.0476. The standard InChI is InChI=1S/C21H17N3O4S/c22-21(26)16-9-1-4-10-17(16)23-20(25)13-24-18-11-5-2-7-14(18)15-8-3-6-12-19(15)29(24,27)28/h1-12H,13H2,(H2,22,26)(H,23,25). The van der Waals surface area contributed by atoms with Crippen molar-refractivity contribution in [3.8, 4) is 11.1 Å². The minimum absolute atomic E-state index is 0.143. The van der Waals surface area contributed by atoms with E-state index in [0.717, 1.165) is 9.87 Å². The Morgan fingerprint density at radius 1 is 0.862 bits per heavy atom. The van der Waals surface area contributed by atoms with E-state index in [2.05, 4.69) is 5.32 Å². The molecule has 1 heterocycles. The highest BCUT2D eigenvalue weighted by Gasteiger charge is 2.35. The average molecular weight is 407 g/mol. The van der Waals surface area contributed by atoms with Crippen LogP contribution >= 0.6 is 0 Å². The summed E-state index contributed by atoms with van der Waals surface area (Å²) in [5.74, 6) is -1.28. The zero-order chi connectivity index (χ0) is 20.6.